The van der Waals surface area contributed by atoms with Gasteiger partial charge < -0.3 is 14.8 Å². The summed E-state index contributed by atoms with van der Waals surface area (Å²) in [5.74, 6) is 0.115. The van der Waals surface area contributed by atoms with Crippen LogP contribution in [0.4, 0.5) is 10.1 Å². The Morgan fingerprint density at radius 1 is 1.19 bits per heavy atom. The molecule has 3 nitrogen and oxygen atoms in total. The average Bonchev–Trinajstić information content (AvgIpc) is 3.11. The molecule has 21 heavy (non-hydrogen) atoms. The van der Waals surface area contributed by atoms with Gasteiger partial charge in [-0.3, -0.25) is 0 Å². The Labute approximate surface area is 121 Å². The maximum atomic E-state index is 13.2. The molecular formula is C17H14FNO2. The summed E-state index contributed by atoms with van der Waals surface area (Å²) in [4.78, 5) is 0. The van der Waals surface area contributed by atoms with Crippen molar-refractivity contribution in [3.8, 4) is 0 Å². The number of nitrogens with one attached hydrogen (secondary N) is 1. The van der Waals surface area contributed by atoms with Gasteiger partial charge in [0.25, 0.3) is 0 Å². The van der Waals surface area contributed by atoms with Gasteiger partial charge in [0.2, 0.25) is 0 Å². The van der Waals surface area contributed by atoms with Crippen LogP contribution in [0.15, 0.2) is 46.9 Å². The molecule has 3 aromatic rings. The van der Waals surface area contributed by atoms with E-state index in [0.717, 1.165) is 24.2 Å². The van der Waals surface area contributed by atoms with Crippen LogP contribution >= 0.6 is 0 Å². The molecule has 0 saturated carbocycles. The topological polar surface area (TPSA) is 45.4 Å². The third-order valence-electron chi connectivity index (χ3n) is 3.94. The zero-order valence-electron chi connectivity index (χ0n) is 11.3. The lowest BCUT2D eigenvalue weighted by molar-refractivity contribution is 0.193. The maximum absolute atomic E-state index is 13.2. The Morgan fingerprint density at radius 2 is 2.10 bits per heavy atom. The maximum Gasteiger partial charge on any atom is 0.139 e. The second-order valence-corrected chi connectivity index (χ2v) is 5.29. The molecule has 1 aliphatic heterocycles. The van der Waals surface area contributed by atoms with E-state index < -0.39 is 6.10 Å². The second-order valence-electron chi connectivity index (χ2n) is 5.29. The van der Waals surface area contributed by atoms with E-state index in [-0.39, 0.29) is 5.82 Å². The summed E-state index contributed by atoms with van der Waals surface area (Å²) < 4.78 is 18.9. The Kier molecular flexibility index (Phi) is 2.72. The molecule has 0 fully saturated rings. The van der Waals surface area contributed by atoms with Crippen molar-refractivity contribution in [2.24, 2.45) is 0 Å². The van der Waals surface area contributed by atoms with E-state index in [4.69, 9.17) is 4.42 Å². The van der Waals surface area contributed by atoms with Crippen molar-refractivity contribution in [1.82, 2.24) is 0 Å². The third-order valence-corrected chi connectivity index (χ3v) is 3.94. The van der Waals surface area contributed by atoms with E-state index >= 15 is 0 Å². The van der Waals surface area contributed by atoms with Gasteiger partial charge in [-0.15, -0.1) is 0 Å². The number of rotatable bonds is 2. The Hall–Kier alpha value is -2.33. The summed E-state index contributed by atoms with van der Waals surface area (Å²) in [6.45, 7) is 0.879. The van der Waals surface area contributed by atoms with Crippen molar-refractivity contribution in [3.05, 3.63) is 65.2 Å². The highest BCUT2D eigenvalue weighted by atomic mass is 19.1. The van der Waals surface area contributed by atoms with Crippen molar-refractivity contribution in [3.63, 3.8) is 0 Å². The van der Waals surface area contributed by atoms with E-state index in [1.54, 1.807) is 12.1 Å². The van der Waals surface area contributed by atoms with Crippen LogP contribution in [-0.2, 0) is 6.42 Å². The summed E-state index contributed by atoms with van der Waals surface area (Å²) >= 11 is 0. The zero-order chi connectivity index (χ0) is 14.4. The van der Waals surface area contributed by atoms with Gasteiger partial charge in [-0.1, -0.05) is 18.2 Å². The van der Waals surface area contributed by atoms with Crippen LogP contribution in [0.3, 0.4) is 0 Å². The van der Waals surface area contributed by atoms with E-state index in [1.165, 1.54) is 17.7 Å². The molecule has 2 heterocycles. The molecule has 1 unspecified atom stereocenters. The quantitative estimate of drug-likeness (QED) is 0.755. The average molecular weight is 283 g/mol. The van der Waals surface area contributed by atoms with Crippen LogP contribution in [0.2, 0.25) is 0 Å². The molecule has 106 valence electrons. The van der Waals surface area contributed by atoms with Gasteiger partial charge in [-0.05, 0) is 36.2 Å². The Balaban J connectivity index is 1.79. The number of halogens is 1. The van der Waals surface area contributed by atoms with Crippen molar-refractivity contribution in [2.75, 3.05) is 11.9 Å². The zero-order valence-corrected chi connectivity index (χ0v) is 11.3. The number of fused-ring (bicyclic) bond motifs is 2. The molecule has 1 atom stereocenters. The number of aliphatic hydroxyl groups is 1. The molecule has 1 aromatic heterocycles. The van der Waals surface area contributed by atoms with Crippen molar-refractivity contribution >= 4 is 16.7 Å². The molecule has 1 aliphatic rings. The summed E-state index contributed by atoms with van der Waals surface area (Å²) in [6, 6.07) is 11.9. The summed E-state index contributed by atoms with van der Waals surface area (Å²) in [5.41, 5.74) is 3.56. The van der Waals surface area contributed by atoms with Gasteiger partial charge in [-0.2, -0.15) is 0 Å². The highest BCUT2D eigenvalue weighted by molar-refractivity contribution is 5.78. The van der Waals surface area contributed by atoms with Crippen molar-refractivity contribution in [1.29, 1.82) is 0 Å². The van der Waals surface area contributed by atoms with Gasteiger partial charge in [-0.25, -0.2) is 4.39 Å². The number of benzene rings is 2. The summed E-state index contributed by atoms with van der Waals surface area (Å²) in [5, 5.41) is 14.6. The van der Waals surface area contributed by atoms with Gasteiger partial charge in [0.1, 0.15) is 23.3 Å². The van der Waals surface area contributed by atoms with Crippen LogP contribution in [0, 0.1) is 5.82 Å². The minimum absolute atomic E-state index is 0.313. The minimum atomic E-state index is -0.860. The fourth-order valence-corrected chi connectivity index (χ4v) is 2.92. The lowest BCUT2D eigenvalue weighted by atomic mass is 10.0. The molecule has 0 radical (unpaired) electrons. The third kappa shape index (κ3) is 1.99. The predicted molar refractivity (Wildman–Crippen MR) is 78.9 cm³/mol. The fraction of sp³-hybridized carbons (Fsp3) is 0.176. The first kappa shape index (κ1) is 12.4. The first-order valence-corrected chi connectivity index (χ1v) is 6.95. The van der Waals surface area contributed by atoms with E-state index in [2.05, 4.69) is 11.4 Å². The van der Waals surface area contributed by atoms with E-state index in [0.29, 0.717) is 16.7 Å². The monoisotopic (exact) mass is 283 g/mol. The van der Waals surface area contributed by atoms with Crippen LogP contribution in [0.25, 0.3) is 11.0 Å². The lowest BCUT2D eigenvalue weighted by Crippen LogP contribution is -2.02. The van der Waals surface area contributed by atoms with Gasteiger partial charge in [0.05, 0.1) is 0 Å². The van der Waals surface area contributed by atoms with Crippen LogP contribution < -0.4 is 5.32 Å². The first-order chi connectivity index (χ1) is 10.2. The largest absolute Gasteiger partial charge is 0.458 e. The fourth-order valence-electron chi connectivity index (χ4n) is 2.92. The van der Waals surface area contributed by atoms with Crippen LogP contribution in [0.1, 0.15) is 23.0 Å². The lowest BCUT2D eigenvalue weighted by Gasteiger charge is -2.13. The first-order valence-electron chi connectivity index (χ1n) is 6.95. The molecule has 0 saturated heterocycles. The van der Waals surface area contributed by atoms with Crippen molar-refractivity contribution < 1.29 is 13.9 Å². The number of hydrogen-bond donors (Lipinski definition) is 2. The summed E-state index contributed by atoms with van der Waals surface area (Å²) in [7, 11) is 0. The molecule has 0 bridgehead atoms. The Bertz CT molecular complexity index is 825. The number of para-hydroxylation sites is 1. The van der Waals surface area contributed by atoms with E-state index in [9.17, 15) is 9.50 Å². The number of furan rings is 1. The minimum Gasteiger partial charge on any atom is -0.458 e. The standard InChI is InChI=1S/C17H14FNO2/c18-12-4-5-14-11(8-12)9-15(21-14)17(20)13-3-1-2-10-6-7-19-16(10)13/h1-5,8-9,17,19-20H,6-7H2. The molecule has 4 heteroatoms. The van der Waals surface area contributed by atoms with Crippen molar-refractivity contribution in [2.45, 2.75) is 12.5 Å². The van der Waals surface area contributed by atoms with E-state index in [1.807, 2.05) is 12.1 Å². The second kappa shape index (κ2) is 4.60. The number of anilines is 1. The smallest absolute Gasteiger partial charge is 0.139 e. The van der Waals surface area contributed by atoms with Gasteiger partial charge >= 0.3 is 0 Å². The van der Waals surface area contributed by atoms with Gasteiger partial charge in [0, 0.05) is 23.2 Å². The number of hydrogen-bond acceptors (Lipinski definition) is 3. The van der Waals surface area contributed by atoms with Gasteiger partial charge in [0.15, 0.2) is 0 Å². The summed E-state index contributed by atoms with van der Waals surface area (Å²) in [6.07, 6.45) is 0.0994. The molecule has 4 rings (SSSR count). The normalized spacial score (nSPS) is 15.0. The molecule has 0 spiro atoms. The highest BCUT2D eigenvalue weighted by Gasteiger charge is 2.22. The Morgan fingerprint density at radius 3 is 3.00 bits per heavy atom. The molecule has 0 amide bonds. The molecular weight excluding hydrogens is 269 g/mol. The number of aliphatic hydroxyl groups excluding tert-OH is 1. The molecule has 2 aromatic carbocycles. The van der Waals surface area contributed by atoms with Crippen LogP contribution in [0.5, 0.6) is 0 Å². The van der Waals surface area contributed by atoms with Crippen LogP contribution in [-0.4, -0.2) is 11.7 Å². The highest BCUT2D eigenvalue weighted by Crippen LogP contribution is 2.35. The SMILES string of the molecule is OC(c1cc2cc(F)ccc2o1)c1cccc2c1NCC2. The molecule has 2 N–H and O–H groups in total. The predicted octanol–water partition coefficient (Wildman–Crippen LogP) is 3.62. The molecule has 0 aliphatic carbocycles.